The van der Waals surface area contributed by atoms with Gasteiger partial charge in [0.2, 0.25) is 0 Å². The lowest BCUT2D eigenvalue weighted by Gasteiger charge is -2.16. The van der Waals surface area contributed by atoms with Crippen LogP contribution in [0.4, 0.5) is 0 Å². The van der Waals surface area contributed by atoms with Crippen LogP contribution in [-0.2, 0) is 0 Å². The number of halogens is 1. The van der Waals surface area contributed by atoms with Crippen LogP contribution in [0.15, 0.2) is 47.5 Å². The molecule has 0 aliphatic heterocycles. The van der Waals surface area contributed by atoms with E-state index in [1.807, 2.05) is 30.4 Å². The van der Waals surface area contributed by atoms with E-state index in [2.05, 4.69) is 6.08 Å². The Morgan fingerprint density at radius 1 is 1.29 bits per heavy atom. The highest BCUT2D eigenvalue weighted by Gasteiger charge is 2.16. The zero-order valence-corrected chi connectivity index (χ0v) is 8.41. The van der Waals surface area contributed by atoms with Gasteiger partial charge in [-0.1, -0.05) is 48.0 Å². The van der Waals surface area contributed by atoms with Crippen LogP contribution < -0.4 is 0 Å². The minimum Gasteiger partial charge on any atom is -0.508 e. The molecule has 2 heteroatoms. The number of para-hydroxylation sites is 1. The van der Waals surface area contributed by atoms with Crippen molar-refractivity contribution in [3.05, 3.63) is 53.1 Å². The zero-order chi connectivity index (χ0) is 9.97. The maximum atomic E-state index is 9.66. The van der Waals surface area contributed by atoms with Crippen LogP contribution in [0.3, 0.4) is 0 Å². The Kier molecular flexibility index (Phi) is 2.60. The second-order valence-corrected chi connectivity index (χ2v) is 3.73. The van der Waals surface area contributed by atoms with Gasteiger partial charge in [0.1, 0.15) is 5.75 Å². The van der Waals surface area contributed by atoms with Gasteiger partial charge in [0.05, 0.1) is 0 Å². The van der Waals surface area contributed by atoms with Gasteiger partial charge in [0.25, 0.3) is 0 Å². The SMILES string of the molecule is Oc1ccccc1C1C=CCC=C1Cl. The summed E-state index contributed by atoms with van der Waals surface area (Å²) in [5.41, 5.74) is 0.865. The normalized spacial score (nSPS) is 20.6. The van der Waals surface area contributed by atoms with Gasteiger partial charge in [-0.05, 0) is 12.5 Å². The van der Waals surface area contributed by atoms with E-state index in [0.29, 0.717) is 5.75 Å². The first-order chi connectivity index (χ1) is 6.79. The Morgan fingerprint density at radius 2 is 2.07 bits per heavy atom. The van der Waals surface area contributed by atoms with Crippen molar-refractivity contribution < 1.29 is 5.11 Å². The van der Waals surface area contributed by atoms with Crippen molar-refractivity contribution in [2.24, 2.45) is 0 Å². The fourth-order valence-electron chi connectivity index (χ4n) is 1.62. The molecule has 1 aromatic rings. The van der Waals surface area contributed by atoms with Gasteiger partial charge in [-0.2, -0.15) is 0 Å². The third kappa shape index (κ3) is 1.68. The lowest BCUT2D eigenvalue weighted by atomic mass is 9.94. The summed E-state index contributed by atoms with van der Waals surface area (Å²) in [7, 11) is 0. The molecule has 1 unspecified atom stereocenters. The summed E-state index contributed by atoms with van der Waals surface area (Å²) in [5, 5.41) is 10.4. The lowest BCUT2D eigenvalue weighted by molar-refractivity contribution is 0.467. The molecule has 0 spiro atoms. The Labute approximate surface area is 88.3 Å². The Balaban J connectivity index is 2.39. The van der Waals surface area contributed by atoms with Crippen molar-refractivity contribution in [2.75, 3.05) is 0 Å². The van der Waals surface area contributed by atoms with Crippen LogP contribution in [0.5, 0.6) is 5.75 Å². The average Bonchev–Trinajstić information content (AvgIpc) is 2.20. The van der Waals surface area contributed by atoms with E-state index in [1.165, 1.54) is 0 Å². The standard InChI is InChI=1S/C12H11ClO/c13-11-7-3-1-5-9(11)10-6-2-4-8-12(10)14/h1-2,4-9,14H,3H2. The van der Waals surface area contributed by atoms with Gasteiger partial charge >= 0.3 is 0 Å². The first-order valence-electron chi connectivity index (χ1n) is 4.59. The zero-order valence-electron chi connectivity index (χ0n) is 7.65. The van der Waals surface area contributed by atoms with E-state index in [9.17, 15) is 5.11 Å². The van der Waals surface area contributed by atoms with E-state index in [1.54, 1.807) is 6.07 Å². The summed E-state index contributed by atoms with van der Waals surface area (Å²) >= 11 is 6.09. The molecule has 2 rings (SSSR count). The van der Waals surface area contributed by atoms with E-state index < -0.39 is 0 Å². The first kappa shape index (κ1) is 9.35. The van der Waals surface area contributed by atoms with Crippen molar-refractivity contribution in [3.8, 4) is 5.75 Å². The summed E-state index contributed by atoms with van der Waals surface area (Å²) in [5.74, 6) is 0.321. The number of hydrogen-bond donors (Lipinski definition) is 1. The Bertz CT molecular complexity index is 393. The predicted molar refractivity (Wildman–Crippen MR) is 58.5 cm³/mol. The van der Waals surface area contributed by atoms with E-state index in [4.69, 9.17) is 11.6 Å². The molecule has 0 bridgehead atoms. The van der Waals surface area contributed by atoms with Crippen LogP contribution in [0.1, 0.15) is 17.9 Å². The predicted octanol–water partition coefficient (Wildman–Crippen LogP) is 3.56. The van der Waals surface area contributed by atoms with Crippen LogP contribution in [0.2, 0.25) is 0 Å². The van der Waals surface area contributed by atoms with Crippen molar-refractivity contribution in [3.63, 3.8) is 0 Å². The molecule has 1 nitrogen and oxygen atoms in total. The highest BCUT2D eigenvalue weighted by Crippen LogP contribution is 2.36. The number of phenols is 1. The molecular weight excluding hydrogens is 196 g/mol. The van der Waals surface area contributed by atoms with E-state index in [0.717, 1.165) is 17.0 Å². The number of phenolic OH excluding ortho intramolecular Hbond substituents is 1. The molecule has 0 aromatic heterocycles. The smallest absolute Gasteiger partial charge is 0.119 e. The number of rotatable bonds is 1. The summed E-state index contributed by atoms with van der Waals surface area (Å²) < 4.78 is 0. The van der Waals surface area contributed by atoms with Crippen molar-refractivity contribution >= 4 is 11.6 Å². The molecule has 1 atom stereocenters. The van der Waals surface area contributed by atoms with Gasteiger partial charge in [-0.15, -0.1) is 0 Å². The van der Waals surface area contributed by atoms with E-state index >= 15 is 0 Å². The number of hydrogen-bond acceptors (Lipinski definition) is 1. The van der Waals surface area contributed by atoms with E-state index in [-0.39, 0.29) is 5.92 Å². The second-order valence-electron chi connectivity index (χ2n) is 3.29. The van der Waals surface area contributed by atoms with Gasteiger partial charge in [0.15, 0.2) is 0 Å². The van der Waals surface area contributed by atoms with Gasteiger partial charge in [0, 0.05) is 16.5 Å². The molecular formula is C12H11ClO. The third-order valence-electron chi connectivity index (χ3n) is 2.35. The maximum absolute atomic E-state index is 9.66. The minimum atomic E-state index is 0.0200. The fourth-order valence-corrected chi connectivity index (χ4v) is 1.90. The summed E-state index contributed by atoms with van der Waals surface area (Å²) in [6.07, 6.45) is 6.93. The molecule has 1 aromatic carbocycles. The molecule has 14 heavy (non-hydrogen) atoms. The van der Waals surface area contributed by atoms with Crippen molar-refractivity contribution in [1.82, 2.24) is 0 Å². The molecule has 1 aliphatic carbocycles. The number of allylic oxidation sites excluding steroid dienone is 4. The molecule has 0 saturated carbocycles. The average molecular weight is 207 g/mol. The molecule has 0 radical (unpaired) electrons. The molecule has 0 saturated heterocycles. The van der Waals surface area contributed by atoms with Crippen LogP contribution in [0.25, 0.3) is 0 Å². The number of benzene rings is 1. The number of aromatic hydroxyl groups is 1. The third-order valence-corrected chi connectivity index (χ3v) is 2.74. The topological polar surface area (TPSA) is 20.2 Å². The van der Waals surface area contributed by atoms with Crippen LogP contribution >= 0.6 is 11.6 Å². The molecule has 0 fully saturated rings. The van der Waals surface area contributed by atoms with Crippen LogP contribution in [-0.4, -0.2) is 5.11 Å². The molecule has 0 amide bonds. The second kappa shape index (κ2) is 3.89. The van der Waals surface area contributed by atoms with Crippen LogP contribution in [0, 0.1) is 0 Å². The summed E-state index contributed by atoms with van der Waals surface area (Å²) in [6, 6.07) is 7.29. The molecule has 72 valence electrons. The van der Waals surface area contributed by atoms with Crippen molar-refractivity contribution in [2.45, 2.75) is 12.3 Å². The highest BCUT2D eigenvalue weighted by atomic mass is 35.5. The monoisotopic (exact) mass is 206 g/mol. The largest absolute Gasteiger partial charge is 0.508 e. The minimum absolute atomic E-state index is 0.0200. The quantitative estimate of drug-likeness (QED) is 0.697. The fraction of sp³-hybridized carbons (Fsp3) is 0.167. The van der Waals surface area contributed by atoms with Gasteiger partial charge < -0.3 is 5.11 Å². The lowest BCUT2D eigenvalue weighted by Crippen LogP contribution is -1.98. The summed E-state index contributed by atoms with van der Waals surface area (Å²) in [6.45, 7) is 0. The molecule has 1 N–H and O–H groups in total. The maximum Gasteiger partial charge on any atom is 0.119 e. The first-order valence-corrected chi connectivity index (χ1v) is 4.97. The Morgan fingerprint density at radius 3 is 2.79 bits per heavy atom. The van der Waals surface area contributed by atoms with Crippen molar-refractivity contribution in [1.29, 1.82) is 0 Å². The summed E-state index contributed by atoms with van der Waals surface area (Å²) in [4.78, 5) is 0. The Hall–Kier alpha value is -1.21. The highest BCUT2D eigenvalue weighted by molar-refractivity contribution is 6.30. The van der Waals surface area contributed by atoms with Gasteiger partial charge in [-0.3, -0.25) is 0 Å². The molecule has 1 aliphatic rings. The van der Waals surface area contributed by atoms with Gasteiger partial charge in [-0.25, -0.2) is 0 Å². The molecule has 0 heterocycles.